The lowest BCUT2D eigenvalue weighted by molar-refractivity contribution is 0.287. The molecule has 0 heterocycles. The summed E-state index contributed by atoms with van der Waals surface area (Å²) in [7, 11) is 0. The van der Waals surface area contributed by atoms with E-state index in [1.54, 1.807) is 0 Å². The van der Waals surface area contributed by atoms with Crippen molar-refractivity contribution in [3.63, 3.8) is 0 Å². The van der Waals surface area contributed by atoms with Crippen LogP contribution in [-0.4, -0.2) is 25.3 Å². The second kappa shape index (κ2) is 6.27. The Morgan fingerprint density at radius 2 is 1.89 bits per heavy atom. The largest absolute Gasteiger partial charge is 0.494 e. The number of hydrogen-bond donors (Lipinski definition) is 1. The number of hydrogen-bond acceptors (Lipinski definition) is 4. The van der Waals surface area contributed by atoms with Crippen molar-refractivity contribution in [3.8, 4) is 17.6 Å². The number of nitrogens with one attached hydrogen (secondary N) is 1. The van der Waals surface area contributed by atoms with Gasteiger partial charge in [0.25, 0.3) is 0 Å². The van der Waals surface area contributed by atoms with Crippen molar-refractivity contribution >= 4 is 0 Å². The lowest BCUT2D eigenvalue weighted by Crippen LogP contribution is -2.34. The van der Waals surface area contributed by atoms with Gasteiger partial charge >= 0.3 is 0 Å². The molecule has 1 N–H and O–H groups in total. The number of nitrogens with zero attached hydrogens (tertiary/aromatic N) is 1. The number of rotatable bonds is 7. The zero-order valence-corrected chi connectivity index (χ0v) is 10.6. The number of benzene rings is 1. The molecule has 0 radical (unpaired) electrons. The van der Waals surface area contributed by atoms with Gasteiger partial charge in [-0.2, -0.15) is 5.26 Å². The van der Waals surface area contributed by atoms with Gasteiger partial charge in [-0.05, 0) is 44.0 Å². The maximum absolute atomic E-state index is 8.98. The molecular weight excluding hydrogens is 228 g/mol. The third-order valence-corrected chi connectivity index (χ3v) is 2.72. The van der Waals surface area contributed by atoms with Gasteiger partial charge in [-0.25, -0.2) is 0 Å². The van der Waals surface area contributed by atoms with Crippen molar-refractivity contribution in [3.05, 3.63) is 24.3 Å². The van der Waals surface area contributed by atoms with Crippen molar-refractivity contribution in [2.24, 2.45) is 0 Å². The maximum atomic E-state index is 8.98. The Bertz CT molecular complexity index is 407. The predicted molar refractivity (Wildman–Crippen MR) is 68.7 cm³/mol. The van der Waals surface area contributed by atoms with Crippen molar-refractivity contribution < 1.29 is 9.47 Å². The van der Waals surface area contributed by atoms with Crippen molar-refractivity contribution in [2.45, 2.75) is 31.8 Å². The standard InChI is InChI=1S/C14H18N2O2/c1-2-17-13-5-7-14(8-6-13)18-10-12(9-15)16-11-3-4-11/h5-8,11-12,16H,2-4,10H2,1H3. The smallest absolute Gasteiger partial charge is 0.130 e. The topological polar surface area (TPSA) is 54.3 Å². The van der Waals surface area contributed by atoms with E-state index in [9.17, 15) is 0 Å². The first-order chi connectivity index (χ1) is 8.81. The molecule has 1 unspecified atom stereocenters. The van der Waals surface area contributed by atoms with E-state index in [1.165, 1.54) is 12.8 Å². The van der Waals surface area contributed by atoms with Crippen LogP contribution in [0, 0.1) is 11.3 Å². The molecule has 0 aliphatic heterocycles. The molecule has 0 saturated heterocycles. The van der Waals surface area contributed by atoms with E-state index in [4.69, 9.17) is 14.7 Å². The van der Waals surface area contributed by atoms with Crippen LogP contribution in [-0.2, 0) is 0 Å². The lowest BCUT2D eigenvalue weighted by atomic mass is 10.3. The Balaban J connectivity index is 1.79. The molecule has 0 spiro atoms. The van der Waals surface area contributed by atoms with Gasteiger partial charge in [-0.15, -0.1) is 0 Å². The van der Waals surface area contributed by atoms with Crippen molar-refractivity contribution in [2.75, 3.05) is 13.2 Å². The van der Waals surface area contributed by atoms with Gasteiger partial charge in [-0.3, -0.25) is 5.32 Å². The Morgan fingerprint density at radius 1 is 1.28 bits per heavy atom. The molecule has 1 aliphatic carbocycles. The molecule has 18 heavy (non-hydrogen) atoms. The number of ether oxygens (including phenoxy) is 2. The van der Waals surface area contributed by atoms with E-state index in [2.05, 4.69) is 11.4 Å². The average molecular weight is 246 g/mol. The molecule has 1 aliphatic rings. The third-order valence-electron chi connectivity index (χ3n) is 2.72. The SMILES string of the molecule is CCOc1ccc(OCC(C#N)NC2CC2)cc1. The molecule has 1 saturated carbocycles. The Kier molecular flexibility index (Phi) is 4.43. The molecule has 4 nitrogen and oxygen atoms in total. The molecule has 1 fully saturated rings. The van der Waals surface area contributed by atoms with Crippen molar-refractivity contribution in [1.82, 2.24) is 5.32 Å². The molecule has 96 valence electrons. The van der Waals surface area contributed by atoms with Gasteiger partial charge in [-0.1, -0.05) is 0 Å². The summed E-state index contributed by atoms with van der Waals surface area (Å²) in [6.07, 6.45) is 2.34. The lowest BCUT2D eigenvalue weighted by Gasteiger charge is -2.12. The Labute approximate surface area is 108 Å². The quantitative estimate of drug-likeness (QED) is 0.800. The van der Waals surface area contributed by atoms with Crippen LogP contribution >= 0.6 is 0 Å². The summed E-state index contributed by atoms with van der Waals surface area (Å²) in [4.78, 5) is 0. The molecule has 0 aromatic heterocycles. The minimum absolute atomic E-state index is 0.232. The first-order valence-electron chi connectivity index (χ1n) is 6.33. The second-order valence-corrected chi connectivity index (χ2v) is 4.34. The Morgan fingerprint density at radius 3 is 2.39 bits per heavy atom. The van der Waals surface area contributed by atoms with Crippen LogP contribution in [0.25, 0.3) is 0 Å². The van der Waals surface area contributed by atoms with Gasteiger partial charge in [0.05, 0.1) is 12.7 Å². The Hall–Kier alpha value is -1.73. The normalized spacial score (nSPS) is 15.8. The second-order valence-electron chi connectivity index (χ2n) is 4.34. The van der Waals surface area contributed by atoms with Crippen LogP contribution in [0.1, 0.15) is 19.8 Å². The highest BCUT2D eigenvalue weighted by Gasteiger charge is 2.24. The number of nitriles is 1. The fourth-order valence-electron chi connectivity index (χ4n) is 1.64. The predicted octanol–water partition coefficient (Wildman–Crippen LogP) is 2.11. The van der Waals surface area contributed by atoms with E-state index in [1.807, 2.05) is 31.2 Å². The molecular formula is C14H18N2O2. The van der Waals surface area contributed by atoms with Crippen LogP contribution in [0.3, 0.4) is 0 Å². The molecule has 0 bridgehead atoms. The molecule has 0 amide bonds. The van der Waals surface area contributed by atoms with Gasteiger partial charge in [0, 0.05) is 6.04 Å². The summed E-state index contributed by atoms with van der Waals surface area (Å²) in [5.41, 5.74) is 0. The molecule has 1 aromatic rings. The van der Waals surface area contributed by atoms with Crippen molar-refractivity contribution in [1.29, 1.82) is 5.26 Å². The fourth-order valence-corrected chi connectivity index (χ4v) is 1.64. The molecule has 2 rings (SSSR count). The van der Waals surface area contributed by atoms with E-state index in [-0.39, 0.29) is 6.04 Å². The summed E-state index contributed by atoms with van der Waals surface area (Å²) in [6, 6.07) is 9.95. The summed E-state index contributed by atoms with van der Waals surface area (Å²) >= 11 is 0. The zero-order chi connectivity index (χ0) is 12.8. The van der Waals surface area contributed by atoms with Gasteiger partial charge in [0.1, 0.15) is 24.1 Å². The minimum atomic E-state index is -0.232. The van der Waals surface area contributed by atoms with Crippen LogP contribution in [0.5, 0.6) is 11.5 Å². The van der Waals surface area contributed by atoms with E-state index in [0.29, 0.717) is 19.3 Å². The van der Waals surface area contributed by atoms with Gasteiger partial charge in [0.2, 0.25) is 0 Å². The van der Waals surface area contributed by atoms with E-state index < -0.39 is 0 Å². The summed E-state index contributed by atoms with van der Waals surface area (Å²) in [6.45, 7) is 2.98. The van der Waals surface area contributed by atoms with Crippen LogP contribution in [0.15, 0.2) is 24.3 Å². The highest BCUT2D eigenvalue weighted by molar-refractivity contribution is 5.31. The van der Waals surface area contributed by atoms with Crippen LogP contribution in [0.2, 0.25) is 0 Å². The van der Waals surface area contributed by atoms with Crippen LogP contribution < -0.4 is 14.8 Å². The summed E-state index contributed by atoms with van der Waals surface area (Å²) in [5.74, 6) is 1.59. The van der Waals surface area contributed by atoms with Gasteiger partial charge < -0.3 is 9.47 Å². The first kappa shape index (κ1) is 12.7. The zero-order valence-electron chi connectivity index (χ0n) is 10.6. The van der Waals surface area contributed by atoms with Crippen LogP contribution in [0.4, 0.5) is 0 Å². The molecule has 1 atom stereocenters. The first-order valence-corrected chi connectivity index (χ1v) is 6.33. The minimum Gasteiger partial charge on any atom is -0.494 e. The fraction of sp³-hybridized carbons (Fsp3) is 0.500. The maximum Gasteiger partial charge on any atom is 0.130 e. The third kappa shape index (κ3) is 3.94. The highest BCUT2D eigenvalue weighted by atomic mass is 16.5. The summed E-state index contributed by atoms with van der Waals surface area (Å²) < 4.78 is 10.9. The van der Waals surface area contributed by atoms with E-state index in [0.717, 1.165) is 11.5 Å². The monoisotopic (exact) mass is 246 g/mol. The summed E-state index contributed by atoms with van der Waals surface area (Å²) in [5, 5.41) is 12.2. The van der Waals surface area contributed by atoms with Gasteiger partial charge in [0.15, 0.2) is 0 Å². The average Bonchev–Trinajstić information content (AvgIpc) is 3.20. The van der Waals surface area contributed by atoms with E-state index >= 15 is 0 Å². The molecule has 4 heteroatoms. The molecule has 1 aromatic carbocycles. The highest BCUT2D eigenvalue weighted by Crippen LogP contribution is 2.20.